The second-order valence-electron chi connectivity index (χ2n) is 3.58. The number of aromatic nitrogens is 1. The molecule has 0 radical (unpaired) electrons. The van der Waals surface area contributed by atoms with Gasteiger partial charge in [-0.25, -0.2) is 11.8 Å². The maximum Gasteiger partial charge on any atom is 2.00 e. The number of nitrogens with zero attached hydrogens (tertiary/aromatic N) is 2. The van der Waals surface area contributed by atoms with Crippen LogP contribution in [-0.2, 0) is 4.74 Å². The van der Waals surface area contributed by atoms with Crippen LogP contribution in [-0.4, -0.2) is 43.0 Å². The zero-order valence-electron chi connectivity index (χ0n) is 9.82. The summed E-state index contributed by atoms with van der Waals surface area (Å²) in [6.45, 7) is 2.92. The number of hydrogen-bond donors (Lipinski definition) is 1. The maximum atomic E-state index is 8.67. The van der Waals surface area contributed by atoms with E-state index in [1.165, 1.54) is 0 Å². The summed E-state index contributed by atoms with van der Waals surface area (Å²) >= 11 is 5.95. The van der Waals surface area contributed by atoms with Gasteiger partial charge >= 0.3 is 31.1 Å². The Labute approximate surface area is 135 Å². The third kappa shape index (κ3) is 4.56. The fourth-order valence-corrected chi connectivity index (χ4v) is 1.84. The Kier molecular flexibility index (Phi) is 7.28. The first-order valence-corrected chi connectivity index (χ1v) is 5.77. The Morgan fingerprint density at radius 1 is 1.56 bits per heavy atom. The smallest absolute Gasteiger partial charge is 0.412 e. The molecule has 18 heavy (non-hydrogen) atoms. The van der Waals surface area contributed by atoms with Gasteiger partial charge in [0.25, 0.3) is 0 Å². The summed E-state index contributed by atoms with van der Waals surface area (Å²) in [6.07, 6.45) is 4.24. The van der Waals surface area contributed by atoms with Crippen molar-refractivity contribution in [3.05, 3.63) is 29.1 Å². The second kappa shape index (κ2) is 8.19. The molecule has 0 saturated carbocycles. The fourth-order valence-electron chi connectivity index (χ4n) is 1.64. The first kappa shape index (κ1) is 16.0. The Balaban J connectivity index is 0.00000162. The normalized spacial score (nSPS) is 15.8. The summed E-state index contributed by atoms with van der Waals surface area (Å²) in [7, 11) is 0. The monoisotopic (exact) mass is 490 g/mol. The number of ether oxygens (including phenoxy) is 1. The van der Waals surface area contributed by atoms with E-state index in [1.807, 2.05) is 0 Å². The quantitative estimate of drug-likeness (QED) is 0.511. The Morgan fingerprint density at radius 3 is 2.94 bits per heavy atom. The molecule has 6 heteroatoms. The number of aliphatic hydroxyl groups excluding tert-OH is 1. The predicted molar refractivity (Wildman–Crippen MR) is 65.9 cm³/mol. The zero-order valence-corrected chi connectivity index (χ0v) is 14.7. The van der Waals surface area contributed by atoms with Crippen LogP contribution >= 0.6 is 11.6 Å². The third-order valence-electron chi connectivity index (χ3n) is 2.42. The Morgan fingerprint density at radius 2 is 2.28 bits per heavy atom. The van der Waals surface area contributed by atoms with Crippen molar-refractivity contribution in [1.82, 2.24) is 4.98 Å². The molecular weight excluding hydrogens is 478 g/mol. The van der Waals surface area contributed by atoms with E-state index in [4.69, 9.17) is 21.4 Å². The van der Waals surface area contributed by atoms with Crippen molar-refractivity contribution in [2.45, 2.75) is 0 Å². The van der Waals surface area contributed by atoms with Crippen LogP contribution in [0.15, 0.2) is 6.07 Å². The first-order valence-electron chi connectivity index (χ1n) is 5.39. The SMILES string of the molecule is OC[C-]=Cc1[c-]c(N2CCOCC2)cc(Cl)n1.[U+2]. The second-order valence-corrected chi connectivity index (χ2v) is 3.97. The average Bonchev–Trinajstić information content (AvgIpc) is 2.37. The van der Waals surface area contributed by atoms with Crippen molar-refractivity contribution in [2.75, 3.05) is 37.8 Å². The largest absolute Gasteiger partial charge is 2.00 e. The van der Waals surface area contributed by atoms with Gasteiger partial charge in [-0.05, 0) is 6.61 Å². The van der Waals surface area contributed by atoms with Gasteiger partial charge < -0.3 is 31.9 Å². The van der Waals surface area contributed by atoms with Crippen LogP contribution in [0.2, 0.25) is 5.15 Å². The van der Waals surface area contributed by atoms with Gasteiger partial charge in [0.1, 0.15) is 0 Å². The molecule has 0 amide bonds. The minimum Gasteiger partial charge on any atom is -0.412 e. The van der Waals surface area contributed by atoms with Crippen LogP contribution in [0, 0.1) is 43.3 Å². The van der Waals surface area contributed by atoms with E-state index in [0.717, 1.165) is 18.8 Å². The Bertz CT molecular complexity index is 409. The molecule has 1 aliphatic heterocycles. The van der Waals surface area contributed by atoms with Crippen molar-refractivity contribution in [2.24, 2.45) is 0 Å². The van der Waals surface area contributed by atoms with Crippen LogP contribution < -0.4 is 4.90 Å². The fraction of sp³-hybridized carbons (Fsp3) is 0.417. The number of rotatable bonds is 3. The van der Waals surface area contributed by atoms with Gasteiger partial charge in [-0.15, -0.1) is 6.07 Å². The molecule has 2 rings (SSSR count). The van der Waals surface area contributed by atoms with Crippen molar-refractivity contribution in [3.63, 3.8) is 0 Å². The topological polar surface area (TPSA) is 45.6 Å². The van der Waals surface area contributed by atoms with Crippen LogP contribution in [0.25, 0.3) is 6.08 Å². The van der Waals surface area contributed by atoms with E-state index in [2.05, 4.69) is 22.0 Å². The van der Waals surface area contributed by atoms with Gasteiger partial charge in [0.2, 0.25) is 0 Å². The van der Waals surface area contributed by atoms with Gasteiger partial charge in [-0.2, -0.15) is 0 Å². The molecule has 1 N–H and O–H groups in total. The number of hydrogen-bond acceptors (Lipinski definition) is 4. The van der Waals surface area contributed by atoms with Crippen LogP contribution in [0.1, 0.15) is 5.69 Å². The van der Waals surface area contributed by atoms with E-state index >= 15 is 0 Å². The van der Waals surface area contributed by atoms with Crippen molar-refractivity contribution >= 4 is 23.4 Å². The molecule has 0 aromatic carbocycles. The number of morpholine rings is 1. The summed E-state index contributed by atoms with van der Waals surface area (Å²) < 4.78 is 5.29. The molecule has 1 aromatic heterocycles. The summed E-state index contributed by atoms with van der Waals surface area (Å²) in [5.41, 5.74) is 1.48. The summed E-state index contributed by atoms with van der Waals surface area (Å²) in [5.74, 6) is 0. The van der Waals surface area contributed by atoms with E-state index in [0.29, 0.717) is 24.1 Å². The van der Waals surface area contributed by atoms with E-state index in [1.54, 1.807) is 12.1 Å². The van der Waals surface area contributed by atoms with Crippen LogP contribution in [0.4, 0.5) is 5.69 Å². The first-order chi connectivity index (χ1) is 8.29. The minimum absolute atomic E-state index is 0. The molecule has 94 valence electrons. The number of pyridine rings is 1. The molecule has 1 aromatic rings. The van der Waals surface area contributed by atoms with Crippen LogP contribution in [0.5, 0.6) is 0 Å². The number of aliphatic hydroxyl groups is 1. The van der Waals surface area contributed by atoms with Gasteiger partial charge in [0.15, 0.2) is 0 Å². The van der Waals surface area contributed by atoms with Gasteiger partial charge in [-0.3, -0.25) is 0 Å². The number of anilines is 1. The molecule has 0 spiro atoms. The molecule has 2 heterocycles. The van der Waals surface area contributed by atoms with E-state index in [-0.39, 0.29) is 37.7 Å². The van der Waals surface area contributed by atoms with Gasteiger partial charge in [0, 0.05) is 13.1 Å². The maximum absolute atomic E-state index is 8.67. The predicted octanol–water partition coefficient (Wildman–Crippen LogP) is 1.18. The minimum atomic E-state index is -0.144. The number of halogens is 1. The Hall–Kier alpha value is -0.0481. The average molecular weight is 491 g/mol. The molecule has 0 unspecified atom stereocenters. The molecule has 0 aliphatic carbocycles. The molecule has 0 atom stereocenters. The molecule has 4 nitrogen and oxygen atoms in total. The molecule has 1 fully saturated rings. The van der Waals surface area contributed by atoms with E-state index in [9.17, 15) is 0 Å². The standard InChI is InChI=1S/C12H13ClN2O2.U/c13-12-9-11(15-3-6-17-7-4-15)8-10(14-12)2-1-5-16;/h2,9,16H,3-7H2;/q-2;+2. The summed E-state index contributed by atoms with van der Waals surface area (Å²) in [4.78, 5) is 6.24. The van der Waals surface area contributed by atoms with Crippen LogP contribution in [0.3, 0.4) is 0 Å². The molecule has 0 bridgehead atoms. The molecule has 1 aliphatic rings. The van der Waals surface area contributed by atoms with Gasteiger partial charge in [-0.1, -0.05) is 17.3 Å². The van der Waals surface area contributed by atoms with Gasteiger partial charge in [0.05, 0.1) is 18.4 Å². The zero-order chi connectivity index (χ0) is 12.1. The van der Waals surface area contributed by atoms with E-state index < -0.39 is 0 Å². The molecule has 1 saturated heterocycles. The summed E-state index contributed by atoms with van der Waals surface area (Å²) in [5, 5.41) is 9.08. The van der Waals surface area contributed by atoms with Crippen molar-refractivity contribution in [3.8, 4) is 0 Å². The van der Waals surface area contributed by atoms with Crippen molar-refractivity contribution < 1.29 is 41.0 Å². The van der Waals surface area contributed by atoms with Crippen molar-refractivity contribution in [1.29, 1.82) is 0 Å². The molecular formula is C12H13ClN2O2U. The summed E-state index contributed by atoms with van der Waals surface area (Å²) in [6, 6.07) is 4.92. The third-order valence-corrected chi connectivity index (χ3v) is 2.61.